The Balaban J connectivity index is 2.22. The molecule has 0 saturated heterocycles. The Labute approximate surface area is 156 Å². The minimum Gasteiger partial charge on any atom is -0.457 e. The van der Waals surface area contributed by atoms with E-state index < -0.39 is 32.5 Å². The summed E-state index contributed by atoms with van der Waals surface area (Å²) < 4.78 is 56.7. The molecule has 2 N–H and O–H groups in total. The van der Waals surface area contributed by atoms with E-state index in [2.05, 4.69) is 15.9 Å². The zero-order valence-corrected chi connectivity index (χ0v) is 15.7. The SMILES string of the molecule is Cc1ccc(C2=C(c3cc(F)c(S(N)(=O)=O)c(F)c3)COC2=O)cc1Br. The van der Waals surface area contributed by atoms with Gasteiger partial charge in [0.2, 0.25) is 10.0 Å². The molecule has 2 aromatic rings. The van der Waals surface area contributed by atoms with Crippen molar-refractivity contribution in [3.8, 4) is 0 Å². The second kappa shape index (κ2) is 6.57. The lowest BCUT2D eigenvalue weighted by atomic mass is 9.96. The van der Waals surface area contributed by atoms with Gasteiger partial charge in [0.1, 0.15) is 18.2 Å². The molecule has 0 aliphatic carbocycles. The average Bonchev–Trinajstić information content (AvgIpc) is 2.89. The number of cyclic esters (lactones) is 1. The third-order valence-corrected chi connectivity index (χ3v) is 5.76. The van der Waals surface area contributed by atoms with Crippen LogP contribution >= 0.6 is 15.9 Å². The van der Waals surface area contributed by atoms with Crippen molar-refractivity contribution in [3.05, 3.63) is 63.1 Å². The van der Waals surface area contributed by atoms with Crippen LogP contribution in [0.5, 0.6) is 0 Å². The summed E-state index contributed by atoms with van der Waals surface area (Å²) in [6.07, 6.45) is 0. The van der Waals surface area contributed by atoms with Gasteiger partial charge in [0, 0.05) is 10.0 Å². The lowest BCUT2D eigenvalue weighted by Gasteiger charge is -2.09. The van der Waals surface area contributed by atoms with Crippen LogP contribution in [0, 0.1) is 18.6 Å². The summed E-state index contributed by atoms with van der Waals surface area (Å²) >= 11 is 3.37. The van der Waals surface area contributed by atoms with Gasteiger partial charge in [-0.15, -0.1) is 0 Å². The number of benzene rings is 2. The fourth-order valence-corrected chi connectivity index (χ4v) is 3.72. The number of esters is 1. The second-order valence-electron chi connectivity index (χ2n) is 5.71. The van der Waals surface area contributed by atoms with Crippen molar-refractivity contribution in [1.29, 1.82) is 0 Å². The van der Waals surface area contributed by atoms with E-state index in [1.54, 1.807) is 18.2 Å². The van der Waals surface area contributed by atoms with Gasteiger partial charge in [0.25, 0.3) is 0 Å². The van der Waals surface area contributed by atoms with Crippen LogP contribution in [-0.2, 0) is 19.6 Å². The van der Waals surface area contributed by atoms with Gasteiger partial charge in [-0.3, -0.25) is 0 Å². The molecule has 0 amide bonds. The molecular formula is C17H12BrF2NO4S. The first-order valence-electron chi connectivity index (χ1n) is 7.28. The number of sulfonamides is 1. The Bertz CT molecular complexity index is 1060. The number of hydrogen-bond donors (Lipinski definition) is 1. The normalized spacial score (nSPS) is 14.7. The van der Waals surface area contributed by atoms with Gasteiger partial charge in [-0.2, -0.15) is 0 Å². The van der Waals surface area contributed by atoms with Crippen LogP contribution in [0.4, 0.5) is 8.78 Å². The van der Waals surface area contributed by atoms with Crippen molar-refractivity contribution in [2.75, 3.05) is 6.61 Å². The van der Waals surface area contributed by atoms with E-state index >= 15 is 0 Å². The molecule has 0 radical (unpaired) electrons. The summed E-state index contributed by atoms with van der Waals surface area (Å²) in [5, 5.41) is 4.83. The molecule has 26 heavy (non-hydrogen) atoms. The number of carbonyl (C=O) groups excluding carboxylic acids is 1. The van der Waals surface area contributed by atoms with Crippen LogP contribution in [-0.4, -0.2) is 21.0 Å². The molecule has 0 saturated carbocycles. The summed E-state index contributed by atoms with van der Waals surface area (Å²) in [6, 6.07) is 6.81. The summed E-state index contributed by atoms with van der Waals surface area (Å²) in [5.41, 5.74) is 1.87. The van der Waals surface area contributed by atoms with Gasteiger partial charge in [-0.05, 0) is 41.8 Å². The third-order valence-electron chi connectivity index (χ3n) is 3.95. The Morgan fingerprint density at radius 1 is 1.12 bits per heavy atom. The van der Waals surface area contributed by atoms with Gasteiger partial charge in [0.05, 0.1) is 5.57 Å². The maximum absolute atomic E-state index is 14.1. The van der Waals surface area contributed by atoms with Crippen LogP contribution < -0.4 is 5.14 Å². The van der Waals surface area contributed by atoms with Crippen molar-refractivity contribution in [3.63, 3.8) is 0 Å². The maximum atomic E-state index is 14.1. The molecule has 0 fully saturated rings. The molecular weight excluding hydrogens is 432 g/mol. The maximum Gasteiger partial charge on any atom is 0.339 e. The Morgan fingerprint density at radius 3 is 2.27 bits per heavy atom. The standard InChI is InChI=1S/C17H12BrF2NO4S/c1-8-2-3-9(4-12(8)18)15-11(7-25-17(15)22)10-5-13(19)16(14(20)6-10)26(21,23)24/h2-6H,7H2,1H3,(H2,21,23,24). The summed E-state index contributed by atoms with van der Waals surface area (Å²) in [4.78, 5) is 10.9. The van der Waals surface area contributed by atoms with Crippen LogP contribution in [0.25, 0.3) is 11.1 Å². The van der Waals surface area contributed by atoms with Crippen molar-refractivity contribution < 1.29 is 26.7 Å². The van der Waals surface area contributed by atoms with Gasteiger partial charge < -0.3 is 4.74 Å². The number of ether oxygens (including phenoxy) is 1. The fourth-order valence-electron chi connectivity index (χ4n) is 2.68. The Kier molecular flexibility index (Phi) is 4.72. The number of nitrogens with two attached hydrogens (primary N) is 1. The smallest absolute Gasteiger partial charge is 0.339 e. The number of primary sulfonamides is 1. The minimum absolute atomic E-state index is 0.00458. The van der Waals surface area contributed by atoms with E-state index in [4.69, 9.17) is 9.88 Å². The van der Waals surface area contributed by atoms with E-state index in [1.807, 2.05) is 6.92 Å². The second-order valence-corrected chi connectivity index (χ2v) is 8.06. The molecule has 0 unspecified atom stereocenters. The quantitative estimate of drug-likeness (QED) is 0.738. The Hall–Kier alpha value is -2.10. The van der Waals surface area contributed by atoms with Gasteiger partial charge in [0.15, 0.2) is 4.90 Å². The first-order chi connectivity index (χ1) is 12.1. The lowest BCUT2D eigenvalue weighted by molar-refractivity contribution is -0.133. The minimum atomic E-state index is -4.56. The molecule has 3 rings (SSSR count). The number of halogens is 3. The molecule has 0 spiro atoms. The fraction of sp³-hybridized carbons (Fsp3) is 0.118. The molecule has 136 valence electrons. The molecule has 0 atom stereocenters. The first-order valence-corrected chi connectivity index (χ1v) is 9.62. The number of aryl methyl sites for hydroxylation is 1. The van der Waals surface area contributed by atoms with E-state index in [0.29, 0.717) is 5.56 Å². The summed E-state index contributed by atoms with van der Waals surface area (Å²) in [6.45, 7) is 1.68. The topological polar surface area (TPSA) is 86.5 Å². The number of rotatable bonds is 3. The molecule has 5 nitrogen and oxygen atoms in total. The molecule has 1 aliphatic rings. The van der Waals surface area contributed by atoms with Crippen molar-refractivity contribution >= 4 is 43.1 Å². The van der Waals surface area contributed by atoms with Crippen LogP contribution in [0.3, 0.4) is 0 Å². The highest BCUT2D eigenvalue weighted by Gasteiger charge is 2.30. The number of hydrogen-bond acceptors (Lipinski definition) is 4. The van der Waals surface area contributed by atoms with E-state index in [1.165, 1.54) is 0 Å². The Morgan fingerprint density at radius 2 is 1.73 bits per heavy atom. The van der Waals surface area contributed by atoms with E-state index in [0.717, 1.165) is 22.2 Å². The van der Waals surface area contributed by atoms with Crippen LogP contribution in [0.15, 0.2) is 39.7 Å². The molecule has 0 aromatic heterocycles. The largest absolute Gasteiger partial charge is 0.457 e. The zero-order chi connectivity index (χ0) is 19.2. The van der Waals surface area contributed by atoms with E-state index in [-0.39, 0.29) is 23.3 Å². The van der Waals surface area contributed by atoms with E-state index in [9.17, 15) is 22.0 Å². The number of carbonyl (C=O) groups is 1. The molecule has 1 aliphatic heterocycles. The van der Waals surface area contributed by atoms with Crippen molar-refractivity contribution in [2.45, 2.75) is 11.8 Å². The highest BCUT2D eigenvalue weighted by molar-refractivity contribution is 9.10. The lowest BCUT2D eigenvalue weighted by Crippen LogP contribution is -2.16. The zero-order valence-electron chi connectivity index (χ0n) is 13.3. The third kappa shape index (κ3) is 3.29. The van der Waals surface area contributed by atoms with Crippen LogP contribution in [0.1, 0.15) is 16.7 Å². The molecule has 0 bridgehead atoms. The average molecular weight is 444 g/mol. The van der Waals surface area contributed by atoms with Gasteiger partial charge in [-0.25, -0.2) is 27.1 Å². The monoisotopic (exact) mass is 443 g/mol. The van der Waals surface area contributed by atoms with Crippen molar-refractivity contribution in [2.24, 2.45) is 5.14 Å². The molecule has 2 aromatic carbocycles. The highest BCUT2D eigenvalue weighted by Crippen LogP contribution is 2.35. The molecule has 9 heteroatoms. The summed E-state index contributed by atoms with van der Waals surface area (Å²) in [5.74, 6) is -3.30. The van der Waals surface area contributed by atoms with Crippen molar-refractivity contribution in [1.82, 2.24) is 0 Å². The predicted octanol–water partition coefficient (Wildman–Crippen LogP) is 3.15. The van der Waals surface area contributed by atoms with Crippen LogP contribution in [0.2, 0.25) is 0 Å². The first kappa shape index (κ1) is 18.7. The highest BCUT2D eigenvalue weighted by atomic mass is 79.9. The molecule has 1 heterocycles. The summed E-state index contributed by atoms with van der Waals surface area (Å²) in [7, 11) is -4.56. The predicted molar refractivity (Wildman–Crippen MR) is 94.4 cm³/mol. The van der Waals surface area contributed by atoms with Gasteiger partial charge >= 0.3 is 5.97 Å². The van der Waals surface area contributed by atoms with Gasteiger partial charge in [-0.1, -0.05) is 28.1 Å².